The van der Waals surface area contributed by atoms with Crippen LogP contribution in [0.25, 0.3) is 11.3 Å². The summed E-state index contributed by atoms with van der Waals surface area (Å²) in [5.41, 5.74) is 3.21. The van der Waals surface area contributed by atoms with Gasteiger partial charge in [0.15, 0.2) is 9.84 Å². The molecule has 0 aliphatic rings. The van der Waals surface area contributed by atoms with Gasteiger partial charge in [-0.25, -0.2) is 8.42 Å². The molecule has 0 radical (unpaired) electrons. The predicted molar refractivity (Wildman–Crippen MR) is 125 cm³/mol. The summed E-state index contributed by atoms with van der Waals surface area (Å²) in [5.74, 6) is -0.535. The number of sulfone groups is 1. The molecule has 0 aliphatic carbocycles. The normalized spacial score (nSPS) is 10.9. The molecule has 3 aromatic rings. The molecule has 0 atom stereocenters. The summed E-state index contributed by atoms with van der Waals surface area (Å²) >= 11 is 0. The lowest BCUT2D eigenvalue weighted by Gasteiger charge is -2.10. The molecule has 2 N–H and O–H groups in total. The topological polar surface area (TPSA) is 105 Å². The fourth-order valence-electron chi connectivity index (χ4n) is 3.00. The number of para-hydroxylation sites is 1. The van der Waals surface area contributed by atoms with Crippen molar-refractivity contribution < 1.29 is 18.0 Å². The third-order valence-electron chi connectivity index (χ3n) is 4.72. The lowest BCUT2D eigenvalue weighted by molar-refractivity contribution is -0.115. The van der Waals surface area contributed by atoms with E-state index in [2.05, 4.69) is 22.2 Å². The van der Waals surface area contributed by atoms with Crippen LogP contribution in [0.3, 0.4) is 0 Å². The van der Waals surface area contributed by atoms with Gasteiger partial charge in [-0.15, -0.1) is 0 Å². The highest BCUT2D eigenvalue weighted by Gasteiger charge is 2.12. The zero-order valence-electron chi connectivity index (χ0n) is 17.5. The number of benzene rings is 2. The van der Waals surface area contributed by atoms with Crippen LogP contribution in [-0.4, -0.2) is 31.0 Å². The molecule has 7 nitrogen and oxygen atoms in total. The lowest BCUT2D eigenvalue weighted by Crippen LogP contribution is -2.14. The number of hydrogen-bond acceptors (Lipinski definition) is 5. The van der Waals surface area contributed by atoms with E-state index < -0.39 is 9.84 Å². The molecule has 0 spiro atoms. The van der Waals surface area contributed by atoms with Gasteiger partial charge in [-0.05, 0) is 42.0 Å². The number of nitrogens with one attached hydrogen (secondary N) is 2. The summed E-state index contributed by atoms with van der Waals surface area (Å²) in [5, 5.41) is 5.52. The first-order valence-corrected chi connectivity index (χ1v) is 11.6. The fraction of sp³-hybridized carbons (Fsp3) is 0.125. The maximum atomic E-state index is 12.4. The quantitative estimate of drug-likeness (QED) is 0.508. The third kappa shape index (κ3) is 5.67. The van der Waals surface area contributed by atoms with E-state index in [9.17, 15) is 18.0 Å². The van der Waals surface area contributed by atoms with E-state index in [1.54, 1.807) is 43.3 Å². The fourth-order valence-corrected chi connectivity index (χ4v) is 3.88. The third-order valence-corrected chi connectivity index (χ3v) is 6.47. The molecular formula is C24H23N3O4S. The average Bonchev–Trinajstić information content (AvgIpc) is 2.80. The molecule has 0 bridgehead atoms. The Labute approximate surface area is 187 Å². The Morgan fingerprint density at radius 2 is 1.72 bits per heavy atom. The molecule has 0 saturated heterocycles. The van der Waals surface area contributed by atoms with E-state index in [0.29, 0.717) is 22.6 Å². The van der Waals surface area contributed by atoms with Crippen molar-refractivity contribution in [1.29, 1.82) is 0 Å². The average molecular weight is 450 g/mol. The van der Waals surface area contributed by atoms with Gasteiger partial charge in [-0.2, -0.15) is 0 Å². The monoisotopic (exact) mass is 449 g/mol. The van der Waals surface area contributed by atoms with Gasteiger partial charge in [-0.1, -0.05) is 43.8 Å². The van der Waals surface area contributed by atoms with Crippen LogP contribution in [0.4, 0.5) is 11.4 Å². The number of carbonyl (C=O) groups excluding carboxylic acids is 2. The minimum Gasteiger partial charge on any atom is -0.324 e. The van der Waals surface area contributed by atoms with Crippen LogP contribution in [0, 0.1) is 0 Å². The highest BCUT2D eigenvalue weighted by Crippen LogP contribution is 2.27. The molecule has 0 fully saturated rings. The molecule has 0 saturated carbocycles. The van der Waals surface area contributed by atoms with Gasteiger partial charge >= 0.3 is 0 Å². The van der Waals surface area contributed by atoms with E-state index in [4.69, 9.17) is 0 Å². The second-order valence-electron chi connectivity index (χ2n) is 6.94. The van der Waals surface area contributed by atoms with Crippen LogP contribution >= 0.6 is 0 Å². The first-order chi connectivity index (χ1) is 15.3. The molecule has 1 aromatic heterocycles. The van der Waals surface area contributed by atoms with Crippen LogP contribution in [0.2, 0.25) is 0 Å². The van der Waals surface area contributed by atoms with Crippen LogP contribution in [0.15, 0.2) is 84.4 Å². The molecule has 3 rings (SSSR count). The molecule has 0 aliphatic heterocycles. The molecule has 2 aromatic carbocycles. The zero-order chi connectivity index (χ0) is 23.1. The second kappa shape index (κ2) is 10.0. The summed E-state index contributed by atoms with van der Waals surface area (Å²) in [6.07, 6.45) is 2.83. The minimum absolute atomic E-state index is 0.0287. The Bertz CT molecular complexity index is 1230. The van der Waals surface area contributed by atoms with Gasteiger partial charge in [-0.3, -0.25) is 14.6 Å². The van der Waals surface area contributed by atoms with Crippen molar-refractivity contribution in [2.45, 2.75) is 18.2 Å². The van der Waals surface area contributed by atoms with Gasteiger partial charge in [0, 0.05) is 5.56 Å². The smallest absolute Gasteiger partial charge is 0.247 e. The Hall–Kier alpha value is -3.78. The number of hydrogen-bond donors (Lipinski definition) is 2. The molecule has 2 amide bonds. The van der Waals surface area contributed by atoms with E-state index in [0.717, 1.165) is 5.56 Å². The standard InChI is InChI=1S/C24H23N3O4S/c1-3-23(28)27-22-8-6-5-7-20(22)21-14-11-18(16-25-21)26-24(29)15-17-9-12-19(13-10-17)32(30,31)4-2/h3,5-14,16H,1,4,15H2,2H3,(H,26,29)(H,27,28). The van der Waals surface area contributed by atoms with Gasteiger partial charge in [0.1, 0.15) is 0 Å². The zero-order valence-corrected chi connectivity index (χ0v) is 18.4. The van der Waals surface area contributed by atoms with Gasteiger partial charge in [0.25, 0.3) is 0 Å². The Morgan fingerprint density at radius 1 is 1.00 bits per heavy atom. The maximum absolute atomic E-state index is 12.4. The van der Waals surface area contributed by atoms with Crippen molar-refractivity contribution in [2.75, 3.05) is 16.4 Å². The van der Waals surface area contributed by atoms with Gasteiger partial charge in [0.2, 0.25) is 11.8 Å². The summed E-state index contributed by atoms with van der Waals surface area (Å²) in [7, 11) is -3.27. The van der Waals surface area contributed by atoms with Crippen molar-refractivity contribution in [3.8, 4) is 11.3 Å². The Morgan fingerprint density at radius 3 is 2.34 bits per heavy atom. The number of aromatic nitrogens is 1. The summed E-state index contributed by atoms with van der Waals surface area (Å²) in [6, 6.07) is 17.0. The molecule has 0 unspecified atom stereocenters. The number of nitrogens with zero attached hydrogens (tertiary/aromatic N) is 1. The van der Waals surface area contributed by atoms with Gasteiger partial charge in [0.05, 0.1) is 40.3 Å². The maximum Gasteiger partial charge on any atom is 0.247 e. The molecule has 1 heterocycles. The van der Waals surface area contributed by atoms with Crippen molar-refractivity contribution in [3.05, 3.63) is 85.1 Å². The number of pyridine rings is 1. The number of amides is 2. The van der Waals surface area contributed by atoms with Crippen molar-refractivity contribution in [2.24, 2.45) is 0 Å². The molecule has 164 valence electrons. The highest BCUT2D eigenvalue weighted by molar-refractivity contribution is 7.91. The number of carbonyl (C=O) groups is 2. The molecular weight excluding hydrogens is 426 g/mol. The van der Waals surface area contributed by atoms with E-state index in [1.165, 1.54) is 24.4 Å². The van der Waals surface area contributed by atoms with Crippen molar-refractivity contribution in [1.82, 2.24) is 4.98 Å². The molecule has 32 heavy (non-hydrogen) atoms. The van der Waals surface area contributed by atoms with Crippen molar-refractivity contribution in [3.63, 3.8) is 0 Å². The number of rotatable bonds is 8. The van der Waals surface area contributed by atoms with Crippen molar-refractivity contribution >= 4 is 33.0 Å². The van der Waals surface area contributed by atoms with Crippen LogP contribution in [0.5, 0.6) is 0 Å². The number of anilines is 2. The summed E-state index contributed by atoms with van der Waals surface area (Å²) in [6.45, 7) is 5.04. The highest BCUT2D eigenvalue weighted by atomic mass is 32.2. The summed E-state index contributed by atoms with van der Waals surface area (Å²) < 4.78 is 23.8. The van der Waals surface area contributed by atoms with E-state index in [1.807, 2.05) is 12.1 Å². The predicted octanol–water partition coefficient (Wildman–Crippen LogP) is 3.85. The van der Waals surface area contributed by atoms with Crippen LogP contribution < -0.4 is 10.6 Å². The lowest BCUT2D eigenvalue weighted by atomic mass is 10.1. The van der Waals surface area contributed by atoms with E-state index in [-0.39, 0.29) is 28.9 Å². The Kier molecular flexibility index (Phi) is 7.17. The largest absolute Gasteiger partial charge is 0.324 e. The second-order valence-corrected chi connectivity index (χ2v) is 9.22. The minimum atomic E-state index is -3.27. The van der Waals surface area contributed by atoms with Gasteiger partial charge < -0.3 is 10.6 Å². The van der Waals surface area contributed by atoms with Crippen LogP contribution in [0.1, 0.15) is 12.5 Å². The van der Waals surface area contributed by atoms with Crippen LogP contribution in [-0.2, 0) is 25.8 Å². The first-order valence-electron chi connectivity index (χ1n) is 9.93. The first kappa shape index (κ1) is 22.9. The Balaban J connectivity index is 1.67. The SMILES string of the molecule is C=CC(=O)Nc1ccccc1-c1ccc(NC(=O)Cc2ccc(S(=O)(=O)CC)cc2)cn1. The molecule has 8 heteroatoms. The van der Waals surface area contributed by atoms with E-state index >= 15 is 0 Å². The summed E-state index contributed by atoms with van der Waals surface area (Å²) in [4.78, 5) is 28.7.